The maximum absolute atomic E-state index is 13.7. The first-order valence-electron chi connectivity index (χ1n) is 6.27. The van der Waals surface area contributed by atoms with E-state index in [0.29, 0.717) is 6.42 Å². The van der Waals surface area contributed by atoms with Crippen molar-refractivity contribution in [3.05, 3.63) is 53.6 Å². The Morgan fingerprint density at radius 2 is 1.71 bits per heavy atom. The van der Waals surface area contributed by atoms with Crippen molar-refractivity contribution in [2.24, 2.45) is 0 Å². The van der Waals surface area contributed by atoms with Crippen molar-refractivity contribution in [1.29, 1.82) is 0 Å². The van der Waals surface area contributed by atoms with Crippen molar-refractivity contribution >= 4 is 16.5 Å². The largest absolute Gasteiger partial charge is 0.497 e. The van der Waals surface area contributed by atoms with Crippen molar-refractivity contribution < 1.29 is 17.7 Å². The first-order valence-corrected chi connectivity index (χ1v) is 7.59. The second-order valence-electron chi connectivity index (χ2n) is 4.46. The standard InChI is InChI=1S/C15H15F2NO2S/c1-20-12-4-2-10(3-5-12)6-7-21(19)15-13(16)8-11(18)9-14(15)17/h2-5,8-9H,6-7,18H2,1H3. The highest BCUT2D eigenvalue weighted by Gasteiger charge is 2.16. The number of nitrogens with two attached hydrogens (primary N) is 1. The van der Waals surface area contributed by atoms with E-state index in [1.165, 1.54) is 0 Å². The molecule has 0 bridgehead atoms. The Morgan fingerprint density at radius 3 is 2.24 bits per heavy atom. The quantitative estimate of drug-likeness (QED) is 0.864. The zero-order valence-corrected chi connectivity index (χ0v) is 12.3. The molecule has 2 N–H and O–H groups in total. The van der Waals surface area contributed by atoms with Crippen LogP contribution in [0.25, 0.3) is 0 Å². The summed E-state index contributed by atoms with van der Waals surface area (Å²) < 4.78 is 44.4. The minimum Gasteiger partial charge on any atom is -0.497 e. The fourth-order valence-electron chi connectivity index (χ4n) is 1.90. The Hall–Kier alpha value is -1.95. The van der Waals surface area contributed by atoms with Crippen LogP contribution >= 0.6 is 0 Å². The van der Waals surface area contributed by atoms with E-state index >= 15 is 0 Å². The molecule has 112 valence electrons. The first kappa shape index (κ1) is 15.4. The maximum Gasteiger partial charge on any atom is 0.144 e. The number of ether oxygens (including phenoxy) is 1. The van der Waals surface area contributed by atoms with Crippen molar-refractivity contribution in [2.75, 3.05) is 18.6 Å². The SMILES string of the molecule is COc1ccc(CCS(=O)c2c(F)cc(N)cc2F)cc1. The highest BCUT2D eigenvalue weighted by Crippen LogP contribution is 2.21. The van der Waals surface area contributed by atoms with Crippen LogP contribution in [0, 0.1) is 11.6 Å². The third-order valence-electron chi connectivity index (χ3n) is 2.98. The molecular formula is C15H15F2NO2S. The molecule has 0 aliphatic heterocycles. The Bertz CT molecular complexity index is 636. The number of nitrogen functional groups attached to an aromatic ring is 1. The van der Waals surface area contributed by atoms with Gasteiger partial charge in [-0.15, -0.1) is 0 Å². The maximum atomic E-state index is 13.7. The molecule has 1 unspecified atom stereocenters. The number of hydrogen-bond acceptors (Lipinski definition) is 3. The van der Waals surface area contributed by atoms with Gasteiger partial charge in [0, 0.05) is 11.4 Å². The fourth-order valence-corrected chi connectivity index (χ4v) is 3.08. The van der Waals surface area contributed by atoms with Gasteiger partial charge in [-0.25, -0.2) is 8.78 Å². The molecule has 0 heterocycles. The van der Waals surface area contributed by atoms with E-state index in [1.54, 1.807) is 19.2 Å². The van der Waals surface area contributed by atoms with Gasteiger partial charge in [0.2, 0.25) is 0 Å². The average Bonchev–Trinajstić information content (AvgIpc) is 2.44. The first-order chi connectivity index (χ1) is 10.0. The van der Waals surface area contributed by atoms with Crippen LogP contribution in [-0.2, 0) is 17.2 Å². The molecule has 2 aromatic rings. The van der Waals surface area contributed by atoms with Crippen LogP contribution < -0.4 is 10.5 Å². The lowest BCUT2D eigenvalue weighted by Crippen LogP contribution is -2.07. The molecule has 6 heteroatoms. The van der Waals surface area contributed by atoms with Gasteiger partial charge in [-0.1, -0.05) is 12.1 Å². The summed E-state index contributed by atoms with van der Waals surface area (Å²) in [5, 5.41) is 0. The molecule has 0 aliphatic carbocycles. The number of rotatable bonds is 5. The topological polar surface area (TPSA) is 52.3 Å². The lowest BCUT2D eigenvalue weighted by atomic mass is 10.2. The molecule has 3 nitrogen and oxygen atoms in total. The third kappa shape index (κ3) is 3.78. The number of benzene rings is 2. The molecule has 0 radical (unpaired) electrons. The lowest BCUT2D eigenvalue weighted by molar-refractivity contribution is 0.414. The second-order valence-corrected chi connectivity index (χ2v) is 5.97. The third-order valence-corrected chi connectivity index (χ3v) is 4.40. The van der Waals surface area contributed by atoms with Gasteiger partial charge in [0.05, 0.1) is 17.9 Å². The summed E-state index contributed by atoms with van der Waals surface area (Å²) in [4.78, 5) is -0.419. The van der Waals surface area contributed by atoms with E-state index in [-0.39, 0.29) is 11.4 Å². The van der Waals surface area contributed by atoms with E-state index in [0.717, 1.165) is 23.4 Å². The van der Waals surface area contributed by atoms with E-state index in [1.807, 2.05) is 12.1 Å². The van der Waals surface area contributed by atoms with Crippen molar-refractivity contribution in [2.45, 2.75) is 11.3 Å². The highest BCUT2D eigenvalue weighted by atomic mass is 32.2. The van der Waals surface area contributed by atoms with Crippen molar-refractivity contribution in [3.8, 4) is 5.75 Å². The molecule has 0 spiro atoms. The minimum absolute atomic E-state index is 0.0269. The molecule has 21 heavy (non-hydrogen) atoms. The van der Waals surface area contributed by atoms with Gasteiger partial charge >= 0.3 is 0 Å². The van der Waals surface area contributed by atoms with Crippen molar-refractivity contribution in [3.63, 3.8) is 0 Å². The van der Waals surface area contributed by atoms with E-state index in [9.17, 15) is 13.0 Å². The van der Waals surface area contributed by atoms with Gasteiger partial charge in [-0.2, -0.15) is 0 Å². The summed E-state index contributed by atoms with van der Waals surface area (Å²) in [7, 11) is -0.193. The number of hydrogen-bond donors (Lipinski definition) is 1. The van der Waals surface area contributed by atoms with Gasteiger partial charge in [-0.3, -0.25) is 4.21 Å². The molecule has 0 saturated heterocycles. The lowest BCUT2D eigenvalue weighted by Gasteiger charge is -2.07. The summed E-state index contributed by atoms with van der Waals surface area (Å²) in [5.74, 6) is -0.902. The van der Waals surface area contributed by atoms with Gasteiger partial charge in [0.25, 0.3) is 0 Å². The van der Waals surface area contributed by atoms with Crippen LogP contribution in [0.4, 0.5) is 14.5 Å². The van der Waals surface area contributed by atoms with Crippen LogP contribution in [0.15, 0.2) is 41.3 Å². The van der Waals surface area contributed by atoms with Crippen molar-refractivity contribution in [1.82, 2.24) is 0 Å². The Balaban J connectivity index is 2.08. The fraction of sp³-hybridized carbons (Fsp3) is 0.200. The number of anilines is 1. The molecule has 2 aromatic carbocycles. The Morgan fingerprint density at radius 1 is 1.14 bits per heavy atom. The van der Waals surface area contributed by atoms with Crippen LogP contribution in [0.5, 0.6) is 5.75 Å². The molecular weight excluding hydrogens is 296 g/mol. The van der Waals surface area contributed by atoms with E-state index < -0.39 is 27.3 Å². The highest BCUT2D eigenvalue weighted by molar-refractivity contribution is 7.85. The zero-order chi connectivity index (χ0) is 15.4. The zero-order valence-electron chi connectivity index (χ0n) is 11.4. The van der Waals surface area contributed by atoms with E-state index in [2.05, 4.69) is 0 Å². The molecule has 0 saturated carbocycles. The Kier molecular flexibility index (Phi) is 4.90. The van der Waals surface area contributed by atoms with E-state index in [4.69, 9.17) is 10.5 Å². The monoisotopic (exact) mass is 311 g/mol. The smallest absolute Gasteiger partial charge is 0.144 e. The predicted molar refractivity (Wildman–Crippen MR) is 78.7 cm³/mol. The van der Waals surface area contributed by atoms with Gasteiger partial charge < -0.3 is 10.5 Å². The molecule has 0 aromatic heterocycles. The average molecular weight is 311 g/mol. The summed E-state index contributed by atoms with van der Waals surface area (Å²) in [5.41, 5.74) is 6.22. The number of methoxy groups -OCH3 is 1. The van der Waals surface area contributed by atoms with Gasteiger partial charge in [-0.05, 0) is 36.2 Å². The predicted octanol–water partition coefficient (Wildman–Crippen LogP) is 2.91. The van der Waals surface area contributed by atoms with Crippen LogP contribution in [0.3, 0.4) is 0 Å². The summed E-state index contributed by atoms with van der Waals surface area (Å²) in [6.07, 6.45) is 0.444. The number of halogens is 2. The molecule has 0 fully saturated rings. The summed E-state index contributed by atoms with van der Waals surface area (Å²) in [6, 6.07) is 9.16. The summed E-state index contributed by atoms with van der Waals surface area (Å²) >= 11 is 0. The number of aryl methyl sites for hydroxylation is 1. The minimum atomic E-state index is -1.76. The summed E-state index contributed by atoms with van der Waals surface area (Å²) in [6.45, 7) is 0. The van der Waals surface area contributed by atoms with Gasteiger partial charge in [0.15, 0.2) is 0 Å². The van der Waals surface area contributed by atoms with Crippen LogP contribution in [0.2, 0.25) is 0 Å². The van der Waals surface area contributed by atoms with Gasteiger partial charge in [0.1, 0.15) is 22.3 Å². The Labute approximate surface area is 124 Å². The molecule has 0 aliphatic rings. The van der Waals surface area contributed by atoms with Crippen LogP contribution in [-0.4, -0.2) is 17.1 Å². The molecule has 1 atom stereocenters. The second kappa shape index (κ2) is 6.67. The normalized spacial score (nSPS) is 12.1. The molecule has 2 rings (SSSR count). The van der Waals surface area contributed by atoms with Crippen LogP contribution in [0.1, 0.15) is 5.56 Å². The molecule has 0 amide bonds.